The van der Waals surface area contributed by atoms with E-state index in [9.17, 15) is 4.39 Å². The number of aryl methyl sites for hydroxylation is 1. The van der Waals surface area contributed by atoms with Gasteiger partial charge in [-0.2, -0.15) is 0 Å². The van der Waals surface area contributed by atoms with E-state index in [1.807, 2.05) is 13.0 Å². The number of halogens is 1. The summed E-state index contributed by atoms with van der Waals surface area (Å²) in [5, 5.41) is 0. The molecule has 0 bridgehead atoms. The highest BCUT2D eigenvalue weighted by atomic mass is 32.2. The van der Waals surface area contributed by atoms with Crippen LogP contribution in [0.5, 0.6) is 0 Å². The van der Waals surface area contributed by atoms with E-state index in [0.29, 0.717) is 5.56 Å². The quantitative estimate of drug-likeness (QED) is 0.794. The lowest BCUT2D eigenvalue weighted by Gasteiger charge is -2.13. The third kappa shape index (κ3) is 3.21. The number of hydrogen-bond donors (Lipinski definition) is 1. The first kappa shape index (κ1) is 12.5. The van der Waals surface area contributed by atoms with Crippen molar-refractivity contribution in [3.63, 3.8) is 0 Å². The molecule has 0 unspecified atom stereocenters. The lowest BCUT2D eigenvalue weighted by atomic mass is 10.1. The van der Waals surface area contributed by atoms with E-state index in [0.717, 1.165) is 22.6 Å². The van der Waals surface area contributed by atoms with Crippen LogP contribution in [0.15, 0.2) is 17.0 Å². The zero-order valence-corrected chi connectivity index (χ0v) is 10.3. The summed E-state index contributed by atoms with van der Waals surface area (Å²) in [6.07, 6.45) is 1.11. The molecule has 1 aromatic carbocycles. The SMILES string of the molecule is CCCSc1cc(C)c(F)cc1[C@H](C)N. The molecule has 0 fully saturated rings. The van der Waals surface area contributed by atoms with Gasteiger partial charge in [0.15, 0.2) is 0 Å². The number of thioether (sulfide) groups is 1. The van der Waals surface area contributed by atoms with Crippen LogP contribution in [0.25, 0.3) is 0 Å². The highest BCUT2D eigenvalue weighted by Gasteiger charge is 2.10. The van der Waals surface area contributed by atoms with Gasteiger partial charge in [0.1, 0.15) is 5.82 Å². The largest absolute Gasteiger partial charge is 0.324 e. The van der Waals surface area contributed by atoms with Gasteiger partial charge in [-0.25, -0.2) is 4.39 Å². The Kier molecular flexibility index (Phi) is 4.61. The van der Waals surface area contributed by atoms with Crippen LogP contribution in [0.3, 0.4) is 0 Å². The van der Waals surface area contributed by atoms with Gasteiger partial charge >= 0.3 is 0 Å². The molecular weight excluding hydrogens is 209 g/mol. The van der Waals surface area contributed by atoms with Crippen LogP contribution < -0.4 is 5.73 Å². The second-order valence-corrected chi connectivity index (χ2v) is 4.91. The molecule has 0 aliphatic carbocycles. The van der Waals surface area contributed by atoms with Crippen molar-refractivity contribution in [2.45, 2.75) is 38.1 Å². The Morgan fingerprint density at radius 3 is 2.67 bits per heavy atom. The number of benzene rings is 1. The van der Waals surface area contributed by atoms with Gasteiger partial charge in [-0.05, 0) is 49.3 Å². The third-order valence-corrected chi connectivity index (χ3v) is 3.52. The smallest absolute Gasteiger partial charge is 0.126 e. The van der Waals surface area contributed by atoms with Crippen molar-refractivity contribution in [1.82, 2.24) is 0 Å². The Bertz CT molecular complexity index is 337. The molecule has 84 valence electrons. The van der Waals surface area contributed by atoms with Gasteiger partial charge in [0.2, 0.25) is 0 Å². The lowest BCUT2D eigenvalue weighted by molar-refractivity contribution is 0.610. The van der Waals surface area contributed by atoms with Gasteiger partial charge in [0.25, 0.3) is 0 Å². The summed E-state index contributed by atoms with van der Waals surface area (Å²) in [5.74, 6) is 0.883. The van der Waals surface area contributed by atoms with E-state index in [1.165, 1.54) is 0 Å². The standard InChI is InChI=1S/C12H18FNS/c1-4-5-15-12-6-8(2)11(13)7-10(12)9(3)14/h6-7,9H,4-5,14H2,1-3H3/t9-/m0/s1. The molecule has 0 spiro atoms. The highest BCUT2D eigenvalue weighted by Crippen LogP contribution is 2.29. The molecule has 1 atom stereocenters. The molecule has 0 heterocycles. The van der Waals surface area contributed by atoms with Crippen molar-refractivity contribution in [2.24, 2.45) is 5.73 Å². The van der Waals surface area contributed by atoms with Crippen LogP contribution in [0, 0.1) is 12.7 Å². The Morgan fingerprint density at radius 1 is 1.47 bits per heavy atom. The fourth-order valence-electron chi connectivity index (χ4n) is 1.36. The summed E-state index contributed by atoms with van der Waals surface area (Å²) in [6, 6.07) is 3.35. The predicted molar refractivity (Wildman–Crippen MR) is 64.8 cm³/mol. The van der Waals surface area contributed by atoms with Crippen LogP contribution in [0.1, 0.15) is 37.4 Å². The molecule has 0 aliphatic rings. The molecule has 0 saturated heterocycles. The molecule has 0 aliphatic heterocycles. The number of nitrogens with two attached hydrogens (primary N) is 1. The van der Waals surface area contributed by atoms with Gasteiger partial charge in [-0.15, -0.1) is 11.8 Å². The molecule has 0 aromatic heterocycles. The molecule has 1 nitrogen and oxygen atoms in total. The zero-order valence-electron chi connectivity index (χ0n) is 9.51. The van der Waals surface area contributed by atoms with Crippen LogP contribution in [-0.4, -0.2) is 5.75 Å². The molecular formula is C12H18FNS. The maximum atomic E-state index is 13.4. The van der Waals surface area contributed by atoms with Gasteiger partial charge in [-0.1, -0.05) is 6.92 Å². The van der Waals surface area contributed by atoms with Crippen LogP contribution in [-0.2, 0) is 0 Å². The van der Waals surface area contributed by atoms with E-state index < -0.39 is 0 Å². The van der Waals surface area contributed by atoms with E-state index in [4.69, 9.17) is 5.73 Å². The Hall–Kier alpha value is -0.540. The van der Waals surface area contributed by atoms with Crippen molar-refractivity contribution >= 4 is 11.8 Å². The topological polar surface area (TPSA) is 26.0 Å². The molecule has 0 saturated carbocycles. The molecule has 1 aromatic rings. The van der Waals surface area contributed by atoms with E-state index in [2.05, 4.69) is 6.92 Å². The average molecular weight is 227 g/mol. The molecule has 15 heavy (non-hydrogen) atoms. The Labute approximate surface area is 95.2 Å². The minimum Gasteiger partial charge on any atom is -0.324 e. The van der Waals surface area contributed by atoms with Crippen molar-refractivity contribution in [1.29, 1.82) is 0 Å². The lowest BCUT2D eigenvalue weighted by Crippen LogP contribution is -2.07. The molecule has 0 amide bonds. The van der Waals surface area contributed by atoms with Crippen molar-refractivity contribution in [3.8, 4) is 0 Å². The number of hydrogen-bond acceptors (Lipinski definition) is 2. The van der Waals surface area contributed by atoms with Crippen molar-refractivity contribution in [2.75, 3.05) is 5.75 Å². The third-order valence-electron chi connectivity index (χ3n) is 2.24. The summed E-state index contributed by atoms with van der Waals surface area (Å²) in [7, 11) is 0. The molecule has 3 heteroatoms. The first-order valence-electron chi connectivity index (χ1n) is 5.24. The van der Waals surface area contributed by atoms with Crippen molar-refractivity contribution < 1.29 is 4.39 Å². The first-order valence-corrected chi connectivity index (χ1v) is 6.23. The molecule has 2 N–H and O–H groups in total. The Balaban J connectivity index is 3.04. The van der Waals surface area contributed by atoms with Crippen LogP contribution in [0.4, 0.5) is 4.39 Å². The normalized spacial score (nSPS) is 12.9. The monoisotopic (exact) mass is 227 g/mol. The van der Waals surface area contributed by atoms with Gasteiger partial charge in [0, 0.05) is 10.9 Å². The summed E-state index contributed by atoms with van der Waals surface area (Å²) in [6.45, 7) is 5.81. The predicted octanol–water partition coefficient (Wildman–Crippen LogP) is 3.66. The summed E-state index contributed by atoms with van der Waals surface area (Å²) in [5.41, 5.74) is 7.43. The molecule has 1 rings (SSSR count). The maximum absolute atomic E-state index is 13.4. The maximum Gasteiger partial charge on any atom is 0.126 e. The van der Waals surface area contributed by atoms with E-state index >= 15 is 0 Å². The first-order chi connectivity index (χ1) is 7.06. The van der Waals surface area contributed by atoms with Gasteiger partial charge in [0.05, 0.1) is 0 Å². The zero-order chi connectivity index (χ0) is 11.4. The fourth-order valence-corrected chi connectivity index (χ4v) is 2.46. The highest BCUT2D eigenvalue weighted by molar-refractivity contribution is 7.99. The second kappa shape index (κ2) is 5.52. The van der Waals surface area contributed by atoms with Gasteiger partial charge in [-0.3, -0.25) is 0 Å². The van der Waals surface area contributed by atoms with Crippen molar-refractivity contribution in [3.05, 3.63) is 29.1 Å². The minimum atomic E-state index is -0.164. The summed E-state index contributed by atoms with van der Waals surface area (Å²) in [4.78, 5) is 1.12. The van der Waals surface area contributed by atoms with Crippen LogP contribution in [0.2, 0.25) is 0 Å². The minimum absolute atomic E-state index is 0.112. The van der Waals surface area contributed by atoms with Gasteiger partial charge < -0.3 is 5.73 Å². The average Bonchev–Trinajstić information content (AvgIpc) is 2.19. The number of rotatable bonds is 4. The van der Waals surface area contributed by atoms with E-state index in [1.54, 1.807) is 24.8 Å². The van der Waals surface area contributed by atoms with E-state index in [-0.39, 0.29) is 11.9 Å². The second-order valence-electron chi connectivity index (χ2n) is 3.78. The summed E-state index contributed by atoms with van der Waals surface area (Å²) >= 11 is 1.75. The Morgan fingerprint density at radius 2 is 2.13 bits per heavy atom. The van der Waals surface area contributed by atoms with Crippen LogP contribution >= 0.6 is 11.8 Å². The fraction of sp³-hybridized carbons (Fsp3) is 0.500. The summed E-state index contributed by atoms with van der Waals surface area (Å²) < 4.78 is 13.4. The molecule has 0 radical (unpaired) electrons.